The lowest BCUT2D eigenvalue weighted by molar-refractivity contribution is -0.152. The maximum absolute atomic E-state index is 11.7. The van der Waals surface area contributed by atoms with E-state index in [0.717, 1.165) is 70.6 Å². The monoisotopic (exact) mass is 1350 g/mol. The molecule has 21 heteroatoms. The highest BCUT2D eigenvalue weighted by Gasteiger charge is 2.56. The minimum atomic E-state index is -1.24. The van der Waals surface area contributed by atoms with Crippen molar-refractivity contribution in [3.63, 3.8) is 0 Å². The van der Waals surface area contributed by atoms with E-state index in [9.17, 15) is 79.2 Å². The molecule has 21 nitrogen and oxygen atoms in total. The van der Waals surface area contributed by atoms with Gasteiger partial charge in [-0.1, -0.05) is 144 Å². The largest absolute Gasteiger partial charge is 0.382 e. The molecule has 8 rings (SSSR count). The smallest absolute Gasteiger partial charge is 0.168 e. The zero-order chi connectivity index (χ0) is 74.1. The van der Waals surface area contributed by atoms with Crippen molar-refractivity contribution in [3.8, 4) is 0 Å². The van der Waals surface area contributed by atoms with E-state index < -0.39 is 44.8 Å². The quantitative estimate of drug-likeness (QED) is 0.0728. The maximum atomic E-state index is 11.7. The van der Waals surface area contributed by atoms with E-state index in [2.05, 4.69) is 13.8 Å². The second kappa shape index (κ2) is 37.5. The maximum Gasteiger partial charge on any atom is 0.168 e. The third-order valence-electron chi connectivity index (χ3n) is 20.8. The minimum Gasteiger partial charge on any atom is -0.382 e. The molecule has 0 aromatic heterocycles. The predicted molar refractivity (Wildman–Crippen MR) is 372 cm³/mol. The SMILES string of the molecule is CC(C)C(=O)C1(O)CC(N)C1.CC(C)C(=O)C1(O)CC1C.CC(C)C(=O)C1(O)CCC(N)CC1.CC(C)C(=O)C1(O)CCC1N.CC(C)C(=O)C1(O)CCCC1N.CC(C)C(=O)C1(O)CCCCC1N.CC1CCC(O)(C(=O)C(C)C)C1.CC1CCCC(O)(C(=O)C(C)C)C1. The molecule has 12 unspecified atom stereocenters. The molecule has 8 fully saturated rings. The van der Waals surface area contributed by atoms with Gasteiger partial charge in [0, 0.05) is 77.6 Å². The van der Waals surface area contributed by atoms with E-state index in [-0.39, 0.29) is 130 Å². The molecule has 8 aliphatic carbocycles. The van der Waals surface area contributed by atoms with E-state index in [0.29, 0.717) is 88.9 Å². The average Bonchev–Trinajstić information content (AvgIpc) is 1.71. The zero-order valence-corrected chi connectivity index (χ0v) is 62.2. The summed E-state index contributed by atoms with van der Waals surface area (Å²) >= 11 is 0. The van der Waals surface area contributed by atoms with Gasteiger partial charge in [-0.05, 0) is 153 Å². The van der Waals surface area contributed by atoms with Crippen molar-refractivity contribution < 1.29 is 79.2 Å². The van der Waals surface area contributed by atoms with Crippen LogP contribution in [0.1, 0.15) is 279 Å². The number of rotatable bonds is 16. The number of nitrogens with two attached hydrogens (primary N) is 5. The highest BCUT2D eigenvalue weighted by molar-refractivity contribution is 5.93. The fourth-order valence-corrected chi connectivity index (χ4v) is 14.2. The van der Waals surface area contributed by atoms with Gasteiger partial charge >= 0.3 is 0 Å². The summed E-state index contributed by atoms with van der Waals surface area (Å²) in [5, 5.41) is 78.9. The Morgan fingerprint density at radius 3 is 0.832 bits per heavy atom. The first-order valence-corrected chi connectivity index (χ1v) is 36.2. The molecular weight excluding hydrogens is 1210 g/mol. The Balaban J connectivity index is 0.000000544. The number of hydrogen-bond acceptors (Lipinski definition) is 21. The predicted octanol–water partition coefficient (Wildman–Crippen LogP) is 7.17. The van der Waals surface area contributed by atoms with Crippen LogP contribution < -0.4 is 28.7 Å². The van der Waals surface area contributed by atoms with Crippen LogP contribution in [0.15, 0.2) is 0 Å². The molecule has 554 valence electrons. The van der Waals surface area contributed by atoms with Crippen LogP contribution in [-0.2, 0) is 38.4 Å². The van der Waals surface area contributed by atoms with Gasteiger partial charge in [0.2, 0.25) is 0 Å². The van der Waals surface area contributed by atoms with Gasteiger partial charge in [-0.3, -0.25) is 38.4 Å². The Morgan fingerprint density at radius 1 is 0.274 bits per heavy atom. The summed E-state index contributed by atoms with van der Waals surface area (Å²) in [6, 6.07) is -0.871. The van der Waals surface area contributed by atoms with Gasteiger partial charge in [0.1, 0.15) is 44.8 Å². The number of carbonyl (C=O) groups excluding carboxylic acids is 8. The molecule has 95 heavy (non-hydrogen) atoms. The standard InChI is InChI=1S/C11H20O2.2C10H19NO2.C10H18O2.C9H17NO2.2C8H15NO2.C8H14O2/c1-8(2)10(12)11(13)6-4-5-9(3)7-11;1-7(2)9(12)10(13)5-3-8(11)4-6-10;1-7(2)9(12)10(13)6-4-3-5-8(10)11;1-7(2)9(11)10(12)5-4-8(3)6-10;1-6(2)8(11)9(12)5-3-4-7(9)10;1-5(2)7(10)8(11)3-6(9)4-8;1-5(2)7(10)8(11)4-3-6(8)9;1-5(2)7(9)8(10)4-6(8)3/h8-9,13H,4-7H2,1-3H3;2*7-8,13H,3-6,11H2,1-2H3;7-8,12H,4-6H2,1-3H3;6-7,12H,3-5,10H2,1-2H3;2*5-6,11H,3-4,9H2,1-2H3;5-6,10H,4H2,1-3H3. The first kappa shape index (κ1) is 89.9. The van der Waals surface area contributed by atoms with Crippen molar-refractivity contribution in [3.05, 3.63) is 0 Å². The van der Waals surface area contributed by atoms with Crippen molar-refractivity contribution in [2.75, 3.05) is 0 Å². The van der Waals surface area contributed by atoms with Gasteiger partial charge in [-0.15, -0.1) is 0 Å². The Bertz CT molecular complexity index is 2490. The number of hydrogen-bond donors (Lipinski definition) is 13. The van der Waals surface area contributed by atoms with Crippen molar-refractivity contribution >= 4 is 46.3 Å². The molecule has 0 aromatic rings. The third kappa shape index (κ3) is 24.9. The minimum absolute atomic E-state index is 0.000000000000000444. The summed E-state index contributed by atoms with van der Waals surface area (Å²) in [6.07, 6.45) is 16.5. The molecule has 0 aromatic carbocycles. The first-order chi connectivity index (χ1) is 43.2. The van der Waals surface area contributed by atoms with Gasteiger partial charge in [0.05, 0.1) is 0 Å². The van der Waals surface area contributed by atoms with Crippen LogP contribution in [0.2, 0.25) is 0 Å². The van der Waals surface area contributed by atoms with Crippen molar-refractivity contribution in [1.29, 1.82) is 0 Å². The van der Waals surface area contributed by atoms with Gasteiger partial charge in [0.15, 0.2) is 46.3 Å². The second-order valence-electron chi connectivity index (χ2n) is 32.6. The van der Waals surface area contributed by atoms with Crippen LogP contribution >= 0.6 is 0 Å². The molecular formula is C74H137N5O16. The molecule has 0 aliphatic heterocycles. The Kier molecular flexibility index (Phi) is 35.5. The Labute approximate surface area is 571 Å². The number of ketones is 8. The summed E-state index contributed by atoms with van der Waals surface area (Å²) < 4.78 is 0. The van der Waals surface area contributed by atoms with Crippen LogP contribution in [-0.4, -0.2) is 162 Å². The third-order valence-corrected chi connectivity index (χ3v) is 20.8. The van der Waals surface area contributed by atoms with Crippen LogP contribution in [0.5, 0.6) is 0 Å². The summed E-state index contributed by atoms with van der Waals surface area (Å²) in [5.41, 5.74) is 19.4. The van der Waals surface area contributed by atoms with E-state index in [1.54, 1.807) is 41.5 Å². The first-order valence-electron chi connectivity index (χ1n) is 36.2. The zero-order valence-electron chi connectivity index (χ0n) is 62.2. The average molecular weight is 1350 g/mol. The van der Waals surface area contributed by atoms with Crippen LogP contribution in [0.25, 0.3) is 0 Å². The molecule has 18 N–H and O–H groups in total. The number of aliphatic hydroxyl groups is 8. The van der Waals surface area contributed by atoms with Gasteiger partial charge < -0.3 is 69.5 Å². The molecule has 0 heterocycles. The highest BCUT2D eigenvalue weighted by atomic mass is 16.3. The Morgan fingerprint density at radius 2 is 0.558 bits per heavy atom. The lowest BCUT2D eigenvalue weighted by Crippen LogP contribution is -2.62. The molecule has 0 saturated heterocycles. The lowest BCUT2D eigenvalue weighted by atomic mass is 9.70. The molecule has 0 amide bonds. The topological polar surface area (TPSA) is 428 Å². The number of Topliss-reactive ketones (excluding diaryl/α,β-unsaturated/α-hetero) is 8. The molecule has 0 radical (unpaired) electrons. The van der Waals surface area contributed by atoms with E-state index in [1.807, 2.05) is 76.2 Å². The van der Waals surface area contributed by atoms with Crippen LogP contribution in [0.4, 0.5) is 0 Å². The fraction of sp³-hybridized carbons (Fsp3) is 0.892. The van der Waals surface area contributed by atoms with E-state index in [4.69, 9.17) is 28.7 Å². The van der Waals surface area contributed by atoms with Crippen molar-refractivity contribution in [1.82, 2.24) is 0 Å². The molecule has 0 bridgehead atoms. The summed E-state index contributed by atoms with van der Waals surface area (Å²) in [6.45, 7) is 35.2. The summed E-state index contributed by atoms with van der Waals surface area (Å²) in [7, 11) is 0. The molecule has 0 spiro atoms. The fourth-order valence-electron chi connectivity index (χ4n) is 14.2. The summed E-state index contributed by atoms with van der Waals surface area (Å²) in [5.74, 6) is 0.131. The normalized spacial score (nSPS) is 36.0. The Hall–Kier alpha value is -3.16. The molecule has 8 saturated carbocycles. The van der Waals surface area contributed by atoms with Gasteiger partial charge in [0.25, 0.3) is 0 Å². The lowest BCUT2D eigenvalue weighted by Gasteiger charge is -2.42. The second-order valence-corrected chi connectivity index (χ2v) is 32.6. The number of carbonyl (C=O) groups is 8. The van der Waals surface area contributed by atoms with Crippen LogP contribution in [0, 0.1) is 65.1 Å². The van der Waals surface area contributed by atoms with E-state index in [1.165, 1.54) is 0 Å². The summed E-state index contributed by atoms with van der Waals surface area (Å²) in [4.78, 5) is 92.0. The van der Waals surface area contributed by atoms with Gasteiger partial charge in [-0.25, -0.2) is 0 Å². The van der Waals surface area contributed by atoms with Crippen molar-refractivity contribution in [2.45, 2.75) is 354 Å². The molecule has 12 atom stereocenters. The van der Waals surface area contributed by atoms with Gasteiger partial charge in [-0.2, -0.15) is 0 Å². The van der Waals surface area contributed by atoms with Crippen LogP contribution in [0.3, 0.4) is 0 Å². The molecule has 8 aliphatic rings. The van der Waals surface area contributed by atoms with Crippen molar-refractivity contribution in [2.24, 2.45) is 93.8 Å². The van der Waals surface area contributed by atoms with E-state index >= 15 is 0 Å². The highest BCUT2D eigenvalue weighted by Crippen LogP contribution is 2.45.